The third-order valence-electron chi connectivity index (χ3n) is 11.0. The maximum absolute atomic E-state index is 2.46. The highest BCUT2D eigenvalue weighted by atomic mass is 31.1. The van der Waals surface area contributed by atoms with E-state index in [1.807, 2.05) is 0 Å². The summed E-state index contributed by atoms with van der Waals surface area (Å²) in [5.41, 5.74) is 7.64. The second-order valence-corrected chi connectivity index (χ2v) is 18.8. The molecular weight excluding hydrogens is 735 g/mol. The molecule has 0 bridgehead atoms. The van der Waals surface area contributed by atoms with Crippen molar-refractivity contribution >= 4 is 69.2 Å². The molecule has 0 heterocycles. The first-order valence-electron chi connectivity index (χ1n) is 19.9. The van der Waals surface area contributed by atoms with Crippen LogP contribution in [0.4, 0.5) is 0 Å². The Labute approximate surface area is 343 Å². The van der Waals surface area contributed by atoms with Gasteiger partial charge in [-0.1, -0.05) is 231 Å². The fourth-order valence-electron chi connectivity index (χ4n) is 8.44. The van der Waals surface area contributed by atoms with Crippen LogP contribution in [0.1, 0.15) is 0 Å². The Bertz CT molecular complexity index is 2680. The fourth-order valence-corrected chi connectivity index (χ4v) is 13.7. The van der Waals surface area contributed by atoms with Crippen molar-refractivity contribution in [1.82, 2.24) is 0 Å². The molecule has 0 spiro atoms. The molecule has 2 heteroatoms. The molecule has 0 atom stereocenters. The second-order valence-electron chi connectivity index (χ2n) is 14.5. The molecule has 0 saturated carbocycles. The first kappa shape index (κ1) is 36.0. The Morgan fingerprint density at radius 2 is 0.500 bits per heavy atom. The molecule has 0 aromatic heterocycles. The molecule has 0 aliphatic carbocycles. The summed E-state index contributed by atoms with van der Waals surface area (Å²) < 4.78 is 0. The van der Waals surface area contributed by atoms with Gasteiger partial charge < -0.3 is 0 Å². The summed E-state index contributed by atoms with van der Waals surface area (Å²) in [4.78, 5) is 0. The zero-order chi connectivity index (χ0) is 38.7. The van der Waals surface area contributed by atoms with Gasteiger partial charge in [0.1, 0.15) is 0 Å². The highest BCUT2D eigenvalue weighted by Gasteiger charge is 2.32. The van der Waals surface area contributed by atoms with E-state index >= 15 is 0 Å². The highest BCUT2D eigenvalue weighted by molar-refractivity contribution is 7.81. The molecule has 10 aromatic carbocycles. The fraction of sp³-hybridized carbons (Fsp3) is 0. The second kappa shape index (κ2) is 16.2. The van der Waals surface area contributed by atoms with Crippen LogP contribution in [-0.4, -0.2) is 0 Å². The summed E-state index contributed by atoms with van der Waals surface area (Å²) in [5, 5.41) is 13.1. The van der Waals surface area contributed by atoms with Crippen LogP contribution < -0.4 is 31.8 Å². The molecule has 0 saturated heterocycles. The van der Waals surface area contributed by atoms with E-state index in [-0.39, 0.29) is 0 Å². The van der Waals surface area contributed by atoms with E-state index in [0.29, 0.717) is 0 Å². The van der Waals surface area contributed by atoms with Crippen LogP contribution in [0.5, 0.6) is 0 Å². The van der Waals surface area contributed by atoms with Gasteiger partial charge in [-0.25, -0.2) is 0 Å². The van der Waals surface area contributed by atoms with Crippen LogP contribution in [0, 0.1) is 0 Å². The maximum Gasteiger partial charge on any atom is 0.00129 e. The lowest BCUT2D eigenvalue weighted by Gasteiger charge is -2.32. The number of fused-ring (bicyclic) bond motifs is 2. The minimum Gasteiger partial charge on any atom is -0.0622 e. The van der Waals surface area contributed by atoms with Crippen molar-refractivity contribution in [2.75, 3.05) is 0 Å². The van der Waals surface area contributed by atoms with E-state index in [2.05, 4.69) is 243 Å². The van der Waals surface area contributed by atoms with Crippen LogP contribution in [0.15, 0.2) is 243 Å². The van der Waals surface area contributed by atoms with Crippen LogP contribution in [0.3, 0.4) is 0 Å². The molecule has 0 unspecified atom stereocenters. The SMILES string of the molecule is c1ccc(-c2cc3ccccc3c(-c3c(P(c4ccccc4)c4ccccc4)c(-c4ccccc4)cc4ccccc34)c2P(c2ccccc2)c2ccccc2)cc1. The van der Waals surface area contributed by atoms with Crippen LogP contribution in [-0.2, 0) is 0 Å². The minimum atomic E-state index is -1.06. The van der Waals surface area contributed by atoms with Crippen molar-refractivity contribution in [3.05, 3.63) is 243 Å². The van der Waals surface area contributed by atoms with Crippen molar-refractivity contribution in [1.29, 1.82) is 0 Å². The van der Waals surface area contributed by atoms with Gasteiger partial charge in [0, 0.05) is 10.6 Å². The maximum atomic E-state index is 2.46. The van der Waals surface area contributed by atoms with Gasteiger partial charge in [0.15, 0.2) is 0 Å². The number of hydrogen-bond acceptors (Lipinski definition) is 0. The zero-order valence-corrected chi connectivity index (χ0v) is 33.8. The Balaban J connectivity index is 1.48. The summed E-state index contributed by atoms with van der Waals surface area (Å²) in [7, 11) is -2.12. The predicted molar refractivity (Wildman–Crippen MR) is 255 cm³/mol. The summed E-state index contributed by atoms with van der Waals surface area (Å²) >= 11 is 0. The zero-order valence-electron chi connectivity index (χ0n) is 32.0. The number of rotatable bonds is 9. The molecule has 0 N–H and O–H groups in total. The van der Waals surface area contributed by atoms with Crippen molar-refractivity contribution in [2.45, 2.75) is 0 Å². The Hall–Kier alpha value is -6.42. The predicted octanol–water partition coefficient (Wildman–Crippen LogP) is 12.5. The molecule has 10 aromatic rings. The van der Waals surface area contributed by atoms with E-state index in [9.17, 15) is 0 Å². The third-order valence-corrected chi connectivity index (χ3v) is 16.0. The normalized spacial score (nSPS) is 11.4. The van der Waals surface area contributed by atoms with E-state index in [1.165, 1.54) is 86.8 Å². The van der Waals surface area contributed by atoms with Crippen molar-refractivity contribution in [2.24, 2.45) is 0 Å². The van der Waals surface area contributed by atoms with E-state index < -0.39 is 15.8 Å². The average molecular weight is 775 g/mol. The van der Waals surface area contributed by atoms with E-state index in [0.717, 1.165) is 0 Å². The van der Waals surface area contributed by atoms with Gasteiger partial charge in [-0.3, -0.25) is 0 Å². The average Bonchev–Trinajstić information content (AvgIpc) is 3.31. The third kappa shape index (κ3) is 6.76. The van der Waals surface area contributed by atoms with Gasteiger partial charge in [0.05, 0.1) is 0 Å². The Kier molecular flexibility index (Phi) is 10.0. The summed E-state index contributed by atoms with van der Waals surface area (Å²) in [6.07, 6.45) is 0. The van der Waals surface area contributed by atoms with Gasteiger partial charge in [-0.15, -0.1) is 0 Å². The lowest BCUT2D eigenvalue weighted by atomic mass is 9.88. The van der Waals surface area contributed by atoms with E-state index in [1.54, 1.807) is 0 Å². The lowest BCUT2D eigenvalue weighted by molar-refractivity contribution is 1.64. The molecule has 0 aliphatic heterocycles. The number of hydrogen-bond donors (Lipinski definition) is 0. The standard InChI is InChI=1S/C56H40P2/c1-7-23-41(24-8-1)51-39-43-27-19-21-37-49(43)53(55(51)57(45-29-11-3-12-30-45)46-31-13-4-14-32-46)54-50-38-22-20-28-44(50)40-52(42-25-9-2-10-26-42)56(54)58(47-33-15-5-16-34-47)48-35-17-6-18-36-48/h1-40H. The molecule has 0 nitrogen and oxygen atoms in total. The van der Waals surface area contributed by atoms with Crippen LogP contribution in [0.25, 0.3) is 54.9 Å². The smallest absolute Gasteiger partial charge is 0.00129 e. The Morgan fingerprint density at radius 3 is 0.810 bits per heavy atom. The molecule has 10 rings (SSSR count). The van der Waals surface area contributed by atoms with Gasteiger partial charge in [-0.05, 0) is 104 Å². The molecule has 0 radical (unpaired) electrons. The number of benzene rings is 10. The molecule has 0 aliphatic rings. The van der Waals surface area contributed by atoms with Gasteiger partial charge in [-0.2, -0.15) is 0 Å². The summed E-state index contributed by atoms with van der Waals surface area (Å²) in [5.74, 6) is 0. The quantitative estimate of drug-likeness (QED) is 0.128. The van der Waals surface area contributed by atoms with Crippen LogP contribution >= 0.6 is 15.8 Å². The monoisotopic (exact) mass is 774 g/mol. The van der Waals surface area contributed by atoms with Crippen molar-refractivity contribution < 1.29 is 0 Å². The summed E-state index contributed by atoms with van der Waals surface area (Å²) in [6, 6.07) is 90.2. The topological polar surface area (TPSA) is 0 Å². The summed E-state index contributed by atoms with van der Waals surface area (Å²) in [6.45, 7) is 0. The van der Waals surface area contributed by atoms with Crippen molar-refractivity contribution in [3.63, 3.8) is 0 Å². The Morgan fingerprint density at radius 1 is 0.241 bits per heavy atom. The molecular formula is C56H40P2. The molecule has 0 amide bonds. The minimum absolute atomic E-state index is 1.06. The van der Waals surface area contributed by atoms with Gasteiger partial charge >= 0.3 is 0 Å². The molecule has 274 valence electrons. The van der Waals surface area contributed by atoms with E-state index in [4.69, 9.17) is 0 Å². The van der Waals surface area contributed by atoms with Crippen molar-refractivity contribution in [3.8, 4) is 33.4 Å². The molecule has 58 heavy (non-hydrogen) atoms. The van der Waals surface area contributed by atoms with Crippen LogP contribution in [0.2, 0.25) is 0 Å². The molecule has 0 fully saturated rings. The first-order chi connectivity index (χ1) is 28.8. The first-order valence-corrected chi connectivity index (χ1v) is 22.5. The lowest BCUT2D eigenvalue weighted by Crippen LogP contribution is -2.28. The highest BCUT2D eigenvalue weighted by Crippen LogP contribution is 2.50. The largest absolute Gasteiger partial charge is 0.0622 e. The van der Waals surface area contributed by atoms with Gasteiger partial charge in [0.25, 0.3) is 0 Å². The van der Waals surface area contributed by atoms with Gasteiger partial charge in [0.2, 0.25) is 0 Å².